The van der Waals surface area contributed by atoms with E-state index in [0.717, 1.165) is 23.0 Å². The molecule has 0 spiro atoms. The van der Waals surface area contributed by atoms with Crippen molar-refractivity contribution in [1.82, 2.24) is 20.2 Å². The Labute approximate surface area is 134 Å². The van der Waals surface area contributed by atoms with Gasteiger partial charge in [0, 0.05) is 35.4 Å². The van der Waals surface area contributed by atoms with E-state index in [2.05, 4.69) is 56.7 Å². The summed E-state index contributed by atoms with van der Waals surface area (Å²) in [5, 5.41) is 10.7. The number of aromatic amines is 1. The standard InChI is InChI=1S/C18H17N5/c1-10-13-5-4-12(8-14(10)13)18-19-7-6-16(21-18)20-17-9-15(22-23-17)11-2-3-11/h4-11H,2-3H2,1H3,(H2,19,20,21,22,23). The van der Waals surface area contributed by atoms with Crippen LogP contribution in [0.1, 0.15) is 48.4 Å². The Kier molecular flexibility index (Phi) is 2.59. The van der Waals surface area contributed by atoms with Crippen molar-refractivity contribution in [3.8, 4) is 11.4 Å². The number of anilines is 2. The van der Waals surface area contributed by atoms with Crippen molar-refractivity contribution in [2.24, 2.45) is 0 Å². The normalized spacial score (nSPS) is 18.6. The summed E-state index contributed by atoms with van der Waals surface area (Å²) in [7, 11) is 0. The molecule has 5 heteroatoms. The maximum atomic E-state index is 4.62. The highest BCUT2D eigenvalue weighted by molar-refractivity contribution is 5.66. The van der Waals surface area contributed by atoms with Gasteiger partial charge in [-0.3, -0.25) is 5.10 Å². The molecule has 0 saturated heterocycles. The highest BCUT2D eigenvalue weighted by Gasteiger charge is 2.28. The minimum atomic E-state index is 0.593. The first-order valence-corrected chi connectivity index (χ1v) is 8.07. The second kappa shape index (κ2) is 4.65. The molecule has 1 saturated carbocycles. The topological polar surface area (TPSA) is 66.5 Å². The second-order valence-corrected chi connectivity index (χ2v) is 6.44. The van der Waals surface area contributed by atoms with Crippen molar-refractivity contribution in [1.29, 1.82) is 0 Å². The minimum Gasteiger partial charge on any atom is -0.323 e. The predicted molar refractivity (Wildman–Crippen MR) is 88.8 cm³/mol. The number of rotatable bonds is 4. The Balaban J connectivity index is 1.40. The van der Waals surface area contributed by atoms with Crippen LogP contribution < -0.4 is 5.32 Å². The quantitative estimate of drug-likeness (QED) is 0.766. The van der Waals surface area contributed by atoms with Crippen LogP contribution >= 0.6 is 0 Å². The molecule has 3 aromatic rings. The summed E-state index contributed by atoms with van der Waals surface area (Å²) in [4.78, 5) is 9.03. The number of nitrogens with zero attached hydrogens (tertiary/aromatic N) is 3. The summed E-state index contributed by atoms with van der Waals surface area (Å²) in [5.74, 6) is 3.58. The lowest BCUT2D eigenvalue weighted by Gasteiger charge is -2.04. The predicted octanol–water partition coefficient (Wildman–Crippen LogP) is 3.95. The van der Waals surface area contributed by atoms with Gasteiger partial charge in [0.05, 0.1) is 0 Å². The maximum Gasteiger partial charge on any atom is 0.161 e. The first-order valence-electron chi connectivity index (χ1n) is 8.07. The van der Waals surface area contributed by atoms with Crippen molar-refractivity contribution in [3.05, 3.63) is 53.3 Å². The van der Waals surface area contributed by atoms with Gasteiger partial charge < -0.3 is 5.32 Å². The lowest BCUT2D eigenvalue weighted by Crippen LogP contribution is -1.96. The van der Waals surface area contributed by atoms with Gasteiger partial charge in [0.15, 0.2) is 11.6 Å². The van der Waals surface area contributed by atoms with E-state index >= 15 is 0 Å². The molecule has 2 N–H and O–H groups in total. The van der Waals surface area contributed by atoms with Gasteiger partial charge >= 0.3 is 0 Å². The molecule has 2 aliphatic carbocycles. The monoisotopic (exact) mass is 303 g/mol. The molecular weight excluding hydrogens is 286 g/mol. The van der Waals surface area contributed by atoms with E-state index in [1.807, 2.05) is 6.07 Å². The van der Waals surface area contributed by atoms with Gasteiger partial charge in [-0.1, -0.05) is 19.1 Å². The molecule has 1 atom stereocenters. The van der Waals surface area contributed by atoms with Crippen LogP contribution in [0.5, 0.6) is 0 Å². The molecule has 1 fully saturated rings. The number of H-pyrrole nitrogens is 1. The third-order valence-electron chi connectivity index (χ3n) is 4.72. The van der Waals surface area contributed by atoms with E-state index in [9.17, 15) is 0 Å². The zero-order valence-corrected chi connectivity index (χ0v) is 12.9. The van der Waals surface area contributed by atoms with Gasteiger partial charge in [0.2, 0.25) is 0 Å². The van der Waals surface area contributed by atoms with Crippen LogP contribution in [0.15, 0.2) is 36.5 Å². The summed E-state index contributed by atoms with van der Waals surface area (Å²) < 4.78 is 0. The molecule has 1 aromatic carbocycles. The van der Waals surface area contributed by atoms with Crippen LogP contribution in [0.25, 0.3) is 11.4 Å². The molecule has 0 aliphatic heterocycles. The van der Waals surface area contributed by atoms with E-state index in [0.29, 0.717) is 11.8 Å². The average Bonchev–Trinajstić information content (AvgIpc) is 3.48. The largest absolute Gasteiger partial charge is 0.323 e. The summed E-state index contributed by atoms with van der Waals surface area (Å²) in [5.41, 5.74) is 5.12. The molecule has 0 bridgehead atoms. The lowest BCUT2D eigenvalue weighted by atomic mass is 10.2. The molecule has 1 unspecified atom stereocenters. The molecule has 2 aliphatic rings. The van der Waals surface area contributed by atoms with Gasteiger partial charge in [0.25, 0.3) is 0 Å². The number of nitrogens with one attached hydrogen (secondary N) is 2. The number of fused-ring (bicyclic) bond motifs is 1. The van der Waals surface area contributed by atoms with Crippen molar-refractivity contribution in [2.45, 2.75) is 31.6 Å². The Morgan fingerprint density at radius 3 is 2.83 bits per heavy atom. The fraction of sp³-hybridized carbons (Fsp3) is 0.278. The van der Waals surface area contributed by atoms with Crippen LogP contribution in [0.4, 0.5) is 11.6 Å². The highest BCUT2D eigenvalue weighted by atomic mass is 15.2. The third kappa shape index (κ3) is 2.29. The molecule has 114 valence electrons. The van der Waals surface area contributed by atoms with E-state index in [-0.39, 0.29) is 0 Å². The SMILES string of the molecule is CC1c2ccc(-c3nccc(Nc4cc(C5CC5)[nH]n4)n3)cc21. The Hall–Kier alpha value is -2.69. The number of hydrogen-bond acceptors (Lipinski definition) is 4. The van der Waals surface area contributed by atoms with E-state index in [1.165, 1.54) is 29.7 Å². The first-order chi connectivity index (χ1) is 11.3. The first kappa shape index (κ1) is 12.8. The molecular formula is C18H17N5. The number of benzene rings is 1. The summed E-state index contributed by atoms with van der Waals surface area (Å²) in [6, 6.07) is 10.4. The van der Waals surface area contributed by atoms with Crippen LogP contribution in [0.2, 0.25) is 0 Å². The van der Waals surface area contributed by atoms with Crippen LogP contribution in [-0.4, -0.2) is 20.2 Å². The molecule has 0 radical (unpaired) electrons. The Bertz CT molecular complexity index is 894. The highest BCUT2D eigenvalue weighted by Crippen LogP contribution is 2.44. The smallest absolute Gasteiger partial charge is 0.161 e. The van der Waals surface area contributed by atoms with Gasteiger partial charge in [-0.05, 0) is 36.1 Å². The summed E-state index contributed by atoms with van der Waals surface area (Å²) in [6.07, 6.45) is 4.31. The molecule has 0 amide bonds. The van der Waals surface area contributed by atoms with Gasteiger partial charge in [-0.25, -0.2) is 9.97 Å². The number of aromatic nitrogens is 4. The molecule has 2 aromatic heterocycles. The molecule has 2 heterocycles. The van der Waals surface area contributed by atoms with E-state index < -0.39 is 0 Å². The second-order valence-electron chi connectivity index (χ2n) is 6.44. The van der Waals surface area contributed by atoms with Crippen molar-refractivity contribution in [2.75, 3.05) is 5.32 Å². The average molecular weight is 303 g/mol. The Morgan fingerprint density at radius 1 is 1.09 bits per heavy atom. The third-order valence-corrected chi connectivity index (χ3v) is 4.72. The maximum absolute atomic E-state index is 4.62. The van der Waals surface area contributed by atoms with Crippen molar-refractivity contribution < 1.29 is 0 Å². The number of hydrogen-bond donors (Lipinski definition) is 2. The summed E-state index contributed by atoms with van der Waals surface area (Å²) in [6.45, 7) is 2.22. The van der Waals surface area contributed by atoms with Crippen LogP contribution in [0, 0.1) is 0 Å². The minimum absolute atomic E-state index is 0.593. The van der Waals surface area contributed by atoms with Crippen LogP contribution in [0.3, 0.4) is 0 Å². The van der Waals surface area contributed by atoms with Crippen LogP contribution in [-0.2, 0) is 0 Å². The zero-order valence-electron chi connectivity index (χ0n) is 12.9. The van der Waals surface area contributed by atoms with Gasteiger partial charge in [-0.2, -0.15) is 5.10 Å². The summed E-state index contributed by atoms with van der Waals surface area (Å²) >= 11 is 0. The van der Waals surface area contributed by atoms with Gasteiger partial charge in [0.1, 0.15) is 5.82 Å². The van der Waals surface area contributed by atoms with Crippen molar-refractivity contribution >= 4 is 11.6 Å². The molecule has 5 rings (SSSR count). The van der Waals surface area contributed by atoms with Gasteiger partial charge in [-0.15, -0.1) is 0 Å². The fourth-order valence-corrected chi connectivity index (χ4v) is 3.07. The van der Waals surface area contributed by atoms with E-state index in [4.69, 9.17) is 0 Å². The van der Waals surface area contributed by atoms with Crippen molar-refractivity contribution in [3.63, 3.8) is 0 Å². The lowest BCUT2D eigenvalue weighted by molar-refractivity contribution is 0.966. The zero-order chi connectivity index (χ0) is 15.4. The van der Waals surface area contributed by atoms with E-state index in [1.54, 1.807) is 6.20 Å². The molecule has 5 nitrogen and oxygen atoms in total. The fourth-order valence-electron chi connectivity index (χ4n) is 3.07. The Morgan fingerprint density at radius 2 is 2.00 bits per heavy atom. The molecule has 23 heavy (non-hydrogen) atoms.